The van der Waals surface area contributed by atoms with Gasteiger partial charge in [-0.05, 0) is 30.0 Å². The van der Waals surface area contributed by atoms with E-state index in [1.165, 1.54) is 23.2 Å². The fourth-order valence-electron chi connectivity index (χ4n) is 2.36. The van der Waals surface area contributed by atoms with Crippen molar-refractivity contribution in [1.29, 1.82) is 0 Å². The first-order valence-corrected chi connectivity index (χ1v) is 6.98. The van der Waals surface area contributed by atoms with Crippen LogP contribution in [0.2, 0.25) is 5.15 Å². The number of nitrogens with two attached hydrogens (primary N) is 1. The second kappa shape index (κ2) is 5.54. The summed E-state index contributed by atoms with van der Waals surface area (Å²) in [5, 5.41) is 6.96. The Morgan fingerprint density at radius 1 is 1.30 bits per heavy atom. The van der Waals surface area contributed by atoms with Crippen LogP contribution < -0.4 is 16.4 Å². The third-order valence-corrected chi connectivity index (χ3v) is 3.49. The maximum Gasteiger partial charge on any atom is 0.223 e. The largest absolute Gasteiger partial charge is 0.385 e. The summed E-state index contributed by atoms with van der Waals surface area (Å²) in [5.41, 5.74) is 9.39. The Labute approximate surface area is 122 Å². The summed E-state index contributed by atoms with van der Waals surface area (Å²) in [6, 6.07) is 8.13. The van der Waals surface area contributed by atoms with E-state index in [1.807, 2.05) is 0 Å². The second-order valence-electron chi connectivity index (χ2n) is 4.81. The van der Waals surface area contributed by atoms with E-state index in [0.29, 0.717) is 17.5 Å². The molecule has 0 aliphatic carbocycles. The van der Waals surface area contributed by atoms with Crippen LogP contribution in [-0.2, 0) is 13.0 Å². The molecule has 4 N–H and O–H groups in total. The van der Waals surface area contributed by atoms with Crippen LogP contribution in [0, 0.1) is 0 Å². The van der Waals surface area contributed by atoms with Crippen LogP contribution >= 0.6 is 11.6 Å². The number of nitrogens with one attached hydrogen (secondary N) is 2. The molecule has 0 fully saturated rings. The zero-order valence-electron chi connectivity index (χ0n) is 11.0. The van der Waals surface area contributed by atoms with Gasteiger partial charge in [0.05, 0.1) is 0 Å². The number of benzene rings is 1. The average molecular weight is 290 g/mol. The third-order valence-electron chi connectivity index (χ3n) is 3.29. The van der Waals surface area contributed by atoms with Crippen LogP contribution in [0.4, 0.5) is 17.5 Å². The lowest BCUT2D eigenvalue weighted by atomic mass is 10.0. The molecule has 2 aromatic rings. The quantitative estimate of drug-likeness (QED) is 0.758. The molecule has 0 radical (unpaired) electrons. The van der Waals surface area contributed by atoms with Gasteiger partial charge in [-0.1, -0.05) is 23.7 Å². The molecule has 0 atom stereocenters. The Morgan fingerprint density at radius 3 is 3.05 bits per heavy atom. The summed E-state index contributed by atoms with van der Waals surface area (Å²) >= 11 is 5.85. The summed E-state index contributed by atoms with van der Waals surface area (Å²) in [7, 11) is 0. The molecule has 0 saturated carbocycles. The first kappa shape index (κ1) is 13.0. The Kier molecular flexibility index (Phi) is 3.60. The van der Waals surface area contributed by atoms with Crippen molar-refractivity contribution in [2.24, 2.45) is 0 Å². The summed E-state index contributed by atoms with van der Waals surface area (Å²) < 4.78 is 0. The van der Waals surface area contributed by atoms with Crippen LogP contribution in [0.5, 0.6) is 0 Å². The summed E-state index contributed by atoms with van der Waals surface area (Å²) in [6.45, 7) is 1.74. The van der Waals surface area contributed by atoms with Crippen LogP contribution in [0.15, 0.2) is 24.3 Å². The molecule has 1 aromatic heterocycles. The smallest absolute Gasteiger partial charge is 0.223 e. The highest BCUT2D eigenvalue weighted by Crippen LogP contribution is 2.23. The van der Waals surface area contributed by atoms with Crippen LogP contribution in [-0.4, -0.2) is 16.5 Å². The zero-order chi connectivity index (χ0) is 13.9. The molecule has 1 aliphatic heterocycles. The van der Waals surface area contributed by atoms with E-state index in [2.05, 4.69) is 38.8 Å². The Hall–Kier alpha value is -2.01. The van der Waals surface area contributed by atoms with Crippen LogP contribution in [0.25, 0.3) is 0 Å². The van der Waals surface area contributed by atoms with Gasteiger partial charge in [-0.25, -0.2) is 4.98 Å². The van der Waals surface area contributed by atoms with Gasteiger partial charge in [0.2, 0.25) is 5.95 Å². The minimum absolute atomic E-state index is 0.176. The summed E-state index contributed by atoms with van der Waals surface area (Å²) in [5.74, 6) is 0.813. The lowest BCUT2D eigenvalue weighted by molar-refractivity contribution is 0.828. The molecule has 20 heavy (non-hydrogen) atoms. The number of aryl methyl sites for hydroxylation is 1. The predicted octanol–water partition coefficient (Wildman–Crippen LogP) is 2.68. The van der Waals surface area contributed by atoms with E-state index < -0.39 is 0 Å². The second-order valence-corrected chi connectivity index (χ2v) is 5.20. The highest BCUT2D eigenvalue weighted by molar-refractivity contribution is 6.29. The van der Waals surface area contributed by atoms with Gasteiger partial charge in [-0.15, -0.1) is 0 Å². The van der Waals surface area contributed by atoms with Crippen LogP contribution in [0.1, 0.15) is 17.5 Å². The van der Waals surface area contributed by atoms with E-state index in [1.54, 1.807) is 6.07 Å². The first-order chi connectivity index (χ1) is 9.70. The lowest BCUT2D eigenvalue weighted by Gasteiger charge is -2.18. The van der Waals surface area contributed by atoms with Crippen LogP contribution in [0.3, 0.4) is 0 Å². The van der Waals surface area contributed by atoms with Crippen molar-refractivity contribution in [3.8, 4) is 0 Å². The van der Waals surface area contributed by atoms with Crippen molar-refractivity contribution < 1.29 is 0 Å². The van der Waals surface area contributed by atoms with E-state index in [0.717, 1.165) is 13.0 Å². The molecule has 3 rings (SSSR count). The van der Waals surface area contributed by atoms with Gasteiger partial charge in [0.1, 0.15) is 11.0 Å². The zero-order valence-corrected chi connectivity index (χ0v) is 11.7. The normalized spacial score (nSPS) is 13.4. The molecule has 2 heterocycles. The molecule has 104 valence electrons. The molecule has 6 heteroatoms. The minimum Gasteiger partial charge on any atom is -0.385 e. The number of anilines is 3. The van der Waals surface area contributed by atoms with Crippen molar-refractivity contribution in [2.75, 3.05) is 22.9 Å². The summed E-state index contributed by atoms with van der Waals surface area (Å²) in [4.78, 5) is 7.93. The van der Waals surface area contributed by atoms with E-state index in [9.17, 15) is 0 Å². The van der Waals surface area contributed by atoms with Gasteiger partial charge in [0.25, 0.3) is 0 Å². The predicted molar refractivity (Wildman–Crippen MR) is 82.0 cm³/mol. The molecule has 1 aliphatic rings. The van der Waals surface area contributed by atoms with E-state index in [4.69, 9.17) is 17.3 Å². The molecular weight excluding hydrogens is 274 g/mol. The minimum atomic E-state index is 0.176. The SMILES string of the molecule is Nc1nc(Cl)cc(NCc2ccc3c(c2)CCCN3)n1. The third kappa shape index (κ3) is 2.93. The van der Waals surface area contributed by atoms with Crippen molar-refractivity contribution in [2.45, 2.75) is 19.4 Å². The molecule has 0 bridgehead atoms. The number of hydrogen-bond acceptors (Lipinski definition) is 5. The highest BCUT2D eigenvalue weighted by atomic mass is 35.5. The number of fused-ring (bicyclic) bond motifs is 1. The average Bonchev–Trinajstić information content (AvgIpc) is 2.44. The van der Waals surface area contributed by atoms with E-state index in [-0.39, 0.29) is 5.95 Å². The molecule has 0 spiro atoms. The maximum atomic E-state index is 5.85. The number of rotatable bonds is 3. The Bertz CT molecular complexity index is 609. The van der Waals surface area contributed by atoms with Crippen molar-refractivity contribution in [3.63, 3.8) is 0 Å². The molecule has 0 unspecified atom stereocenters. The number of nitrogens with zero attached hydrogens (tertiary/aromatic N) is 2. The number of halogens is 1. The van der Waals surface area contributed by atoms with E-state index >= 15 is 0 Å². The molecular formula is C14H16ClN5. The summed E-state index contributed by atoms with van der Waals surface area (Å²) in [6.07, 6.45) is 2.31. The number of nitrogen functional groups attached to an aromatic ring is 1. The van der Waals surface area contributed by atoms with Gasteiger partial charge in [0, 0.05) is 24.8 Å². The van der Waals surface area contributed by atoms with Gasteiger partial charge in [-0.3, -0.25) is 0 Å². The van der Waals surface area contributed by atoms with Crippen molar-refractivity contribution >= 4 is 29.1 Å². The monoisotopic (exact) mass is 289 g/mol. The fraction of sp³-hybridized carbons (Fsp3) is 0.286. The number of hydrogen-bond donors (Lipinski definition) is 3. The number of aromatic nitrogens is 2. The lowest BCUT2D eigenvalue weighted by Crippen LogP contribution is -2.12. The van der Waals surface area contributed by atoms with Crippen molar-refractivity contribution in [3.05, 3.63) is 40.5 Å². The first-order valence-electron chi connectivity index (χ1n) is 6.60. The fourth-order valence-corrected chi connectivity index (χ4v) is 2.55. The molecule has 0 amide bonds. The molecule has 1 aromatic carbocycles. The Morgan fingerprint density at radius 2 is 2.20 bits per heavy atom. The molecule has 0 saturated heterocycles. The Balaban J connectivity index is 1.71. The topological polar surface area (TPSA) is 75.9 Å². The van der Waals surface area contributed by atoms with Gasteiger partial charge >= 0.3 is 0 Å². The maximum absolute atomic E-state index is 5.85. The van der Waals surface area contributed by atoms with Gasteiger partial charge in [-0.2, -0.15) is 4.98 Å². The highest BCUT2D eigenvalue weighted by Gasteiger charge is 2.08. The van der Waals surface area contributed by atoms with Gasteiger partial charge in [0.15, 0.2) is 0 Å². The van der Waals surface area contributed by atoms with Gasteiger partial charge < -0.3 is 16.4 Å². The van der Waals surface area contributed by atoms with Crippen molar-refractivity contribution in [1.82, 2.24) is 9.97 Å². The molecule has 5 nitrogen and oxygen atoms in total. The standard InChI is InChI=1S/C14H16ClN5/c15-12-7-13(20-14(16)19-12)18-8-9-3-4-11-10(6-9)2-1-5-17-11/h3-4,6-7,17H,1-2,5,8H2,(H3,16,18,19,20).